The number of carbonyl (C=O) groups is 4. The van der Waals surface area contributed by atoms with Gasteiger partial charge in [0.2, 0.25) is 0 Å². The third-order valence-electron chi connectivity index (χ3n) is 0.981. The van der Waals surface area contributed by atoms with Gasteiger partial charge >= 0.3 is 34.3 Å². The standard InChI is InChI=1S/C6H6O10S/c7-3(8)1-5(11)15-17(13,14)16-6(12)2-4(9)10/h1-2H2,(H,7,8)(H,9,10). The first-order chi connectivity index (χ1) is 7.62. The monoisotopic (exact) mass is 270 g/mol. The van der Waals surface area contributed by atoms with Gasteiger partial charge in [0.1, 0.15) is 12.8 Å². The second-order valence-corrected chi connectivity index (χ2v) is 3.61. The van der Waals surface area contributed by atoms with Gasteiger partial charge in [-0.15, -0.1) is 8.42 Å². The van der Waals surface area contributed by atoms with Crippen molar-refractivity contribution in [2.24, 2.45) is 0 Å². The molecule has 96 valence electrons. The molecule has 0 aromatic heterocycles. The fourth-order valence-electron chi connectivity index (χ4n) is 0.551. The Balaban J connectivity index is 4.40. The summed E-state index contributed by atoms with van der Waals surface area (Å²) < 4.78 is 28.5. The van der Waals surface area contributed by atoms with E-state index in [0.717, 1.165) is 0 Å². The van der Waals surface area contributed by atoms with Gasteiger partial charge in [0.25, 0.3) is 0 Å². The minimum Gasteiger partial charge on any atom is -0.481 e. The van der Waals surface area contributed by atoms with Crippen LogP contribution in [0.25, 0.3) is 0 Å². The van der Waals surface area contributed by atoms with Gasteiger partial charge in [-0.1, -0.05) is 0 Å². The van der Waals surface area contributed by atoms with E-state index in [1.54, 1.807) is 0 Å². The van der Waals surface area contributed by atoms with Crippen LogP contribution in [0.15, 0.2) is 0 Å². The molecule has 0 heterocycles. The molecule has 0 fully saturated rings. The largest absolute Gasteiger partial charge is 0.506 e. The molecular formula is C6H6O10S. The van der Waals surface area contributed by atoms with Gasteiger partial charge in [-0.05, 0) is 0 Å². The topological polar surface area (TPSA) is 161 Å². The molecule has 0 radical (unpaired) electrons. The van der Waals surface area contributed by atoms with Crippen molar-refractivity contribution in [3.8, 4) is 0 Å². The lowest BCUT2D eigenvalue weighted by Gasteiger charge is -2.03. The maximum atomic E-state index is 10.7. The third kappa shape index (κ3) is 7.72. The summed E-state index contributed by atoms with van der Waals surface area (Å²) in [7, 11) is -5.10. The molecule has 0 saturated heterocycles. The summed E-state index contributed by atoms with van der Waals surface area (Å²) in [6.07, 6.45) is -2.51. The van der Waals surface area contributed by atoms with E-state index in [1.807, 2.05) is 0 Å². The molecular weight excluding hydrogens is 264 g/mol. The first-order valence-electron chi connectivity index (χ1n) is 3.75. The number of carboxylic acids is 2. The molecule has 0 aromatic carbocycles. The van der Waals surface area contributed by atoms with Crippen molar-refractivity contribution >= 4 is 34.3 Å². The molecule has 2 N–H and O–H groups in total. The minimum atomic E-state index is -5.10. The van der Waals surface area contributed by atoms with E-state index in [-0.39, 0.29) is 0 Å². The number of carboxylic acid groups (broad SMARTS) is 2. The minimum absolute atomic E-state index is 1.25. The molecule has 0 unspecified atom stereocenters. The van der Waals surface area contributed by atoms with E-state index in [4.69, 9.17) is 10.2 Å². The van der Waals surface area contributed by atoms with Crippen LogP contribution in [0.3, 0.4) is 0 Å². The lowest BCUT2D eigenvalue weighted by atomic mass is 10.5. The van der Waals surface area contributed by atoms with E-state index < -0.39 is 47.1 Å². The number of hydrogen-bond acceptors (Lipinski definition) is 8. The summed E-state index contributed by atoms with van der Waals surface area (Å²) in [5.41, 5.74) is 0. The highest BCUT2D eigenvalue weighted by molar-refractivity contribution is 7.82. The number of rotatable bonds is 6. The van der Waals surface area contributed by atoms with Crippen LogP contribution < -0.4 is 0 Å². The summed E-state index contributed by atoms with van der Waals surface area (Å²) >= 11 is 0. The van der Waals surface area contributed by atoms with Gasteiger partial charge in [0.05, 0.1) is 0 Å². The van der Waals surface area contributed by atoms with Crippen LogP contribution in [-0.2, 0) is 37.9 Å². The van der Waals surface area contributed by atoms with Crippen molar-refractivity contribution in [2.45, 2.75) is 12.8 Å². The summed E-state index contributed by atoms with van der Waals surface area (Å²) in [5.74, 6) is -6.66. The van der Waals surface area contributed by atoms with Crippen LogP contribution in [-0.4, -0.2) is 42.5 Å². The molecule has 0 aliphatic rings. The van der Waals surface area contributed by atoms with Gasteiger partial charge < -0.3 is 18.6 Å². The first kappa shape index (κ1) is 14.8. The van der Waals surface area contributed by atoms with Gasteiger partial charge in [-0.2, -0.15) is 0 Å². The van der Waals surface area contributed by atoms with E-state index in [0.29, 0.717) is 0 Å². The van der Waals surface area contributed by atoms with Crippen LogP contribution in [0.1, 0.15) is 12.8 Å². The lowest BCUT2D eigenvalue weighted by Crippen LogP contribution is -2.22. The SMILES string of the molecule is O=C(O)CC(=O)OS(=O)(=O)OC(=O)CC(=O)O. The maximum Gasteiger partial charge on any atom is 0.506 e. The second kappa shape index (κ2) is 5.79. The highest BCUT2D eigenvalue weighted by Crippen LogP contribution is 2.01. The van der Waals surface area contributed by atoms with Gasteiger partial charge in [0.15, 0.2) is 0 Å². The molecule has 0 saturated carbocycles. The van der Waals surface area contributed by atoms with Gasteiger partial charge in [-0.3, -0.25) is 19.2 Å². The van der Waals surface area contributed by atoms with Gasteiger partial charge in [0, 0.05) is 0 Å². The molecule has 0 bridgehead atoms. The Labute approximate surface area is 94.1 Å². The first-order valence-corrected chi connectivity index (χ1v) is 5.09. The smallest absolute Gasteiger partial charge is 0.481 e. The quantitative estimate of drug-likeness (QED) is 0.530. The zero-order chi connectivity index (χ0) is 13.6. The van der Waals surface area contributed by atoms with Crippen molar-refractivity contribution in [2.75, 3.05) is 0 Å². The number of aliphatic carboxylic acids is 2. The average molecular weight is 270 g/mol. The summed E-state index contributed by atoms with van der Waals surface area (Å²) in [6, 6.07) is 0. The summed E-state index contributed by atoms with van der Waals surface area (Å²) in [5, 5.41) is 16.2. The Hall–Kier alpha value is -2.17. The van der Waals surface area contributed by atoms with Crippen molar-refractivity contribution < 1.29 is 46.2 Å². The molecule has 17 heavy (non-hydrogen) atoms. The van der Waals surface area contributed by atoms with Crippen LogP contribution in [0, 0.1) is 0 Å². The van der Waals surface area contributed by atoms with Gasteiger partial charge in [-0.25, -0.2) is 0 Å². The summed E-state index contributed by atoms with van der Waals surface area (Å²) in [4.78, 5) is 41.1. The van der Waals surface area contributed by atoms with Crippen molar-refractivity contribution in [3.05, 3.63) is 0 Å². The Morgan fingerprint density at radius 2 is 1.12 bits per heavy atom. The van der Waals surface area contributed by atoms with Crippen LogP contribution in [0.2, 0.25) is 0 Å². The predicted octanol–water partition coefficient (Wildman–Crippen LogP) is -1.73. The van der Waals surface area contributed by atoms with Crippen molar-refractivity contribution in [1.29, 1.82) is 0 Å². The fourth-order valence-corrected chi connectivity index (χ4v) is 1.16. The summed E-state index contributed by atoms with van der Waals surface area (Å²) in [6.45, 7) is 0. The molecule has 10 nitrogen and oxygen atoms in total. The molecule has 0 amide bonds. The highest BCUT2D eigenvalue weighted by atomic mass is 32.3. The van der Waals surface area contributed by atoms with E-state index in [1.165, 1.54) is 0 Å². The van der Waals surface area contributed by atoms with E-state index in [9.17, 15) is 27.6 Å². The Morgan fingerprint density at radius 3 is 1.35 bits per heavy atom. The van der Waals surface area contributed by atoms with Crippen LogP contribution >= 0.6 is 0 Å². The molecule has 0 aromatic rings. The Morgan fingerprint density at radius 1 is 0.824 bits per heavy atom. The zero-order valence-corrected chi connectivity index (χ0v) is 8.80. The normalized spacial score (nSPS) is 10.4. The molecule has 11 heteroatoms. The number of hydrogen-bond donors (Lipinski definition) is 2. The molecule has 0 rings (SSSR count). The van der Waals surface area contributed by atoms with E-state index in [2.05, 4.69) is 8.37 Å². The molecule has 0 atom stereocenters. The average Bonchev–Trinajstić information content (AvgIpc) is 1.95. The Kier molecular flexibility index (Phi) is 5.05. The van der Waals surface area contributed by atoms with Crippen LogP contribution in [0.5, 0.6) is 0 Å². The van der Waals surface area contributed by atoms with Crippen molar-refractivity contribution in [1.82, 2.24) is 0 Å². The molecule has 0 aliphatic carbocycles. The maximum absolute atomic E-state index is 10.7. The zero-order valence-electron chi connectivity index (χ0n) is 7.98. The lowest BCUT2D eigenvalue weighted by molar-refractivity contribution is -0.146. The van der Waals surface area contributed by atoms with Crippen LogP contribution in [0.4, 0.5) is 0 Å². The molecule has 0 aliphatic heterocycles. The fraction of sp³-hybridized carbons (Fsp3) is 0.333. The Bertz CT molecular complexity index is 409. The second-order valence-electron chi connectivity index (χ2n) is 2.46. The van der Waals surface area contributed by atoms with Crippen molar-refractivity contribution in [3.63, 3.8) is 0 Å². The predicted molar refractivity (Wildman–Crippen MR) is 45.6 cm³/mol. The highest BCUT2D eigenvalue weighted by Gasteiger charge is 2.25. The third-order valence-corrected chi connectivity index (χ3v) is 1.76. The molecule has 0 spiro atoms. The van der Waals surface area contributed by atoms with E-state index >= 15 is 0 Å². The number of carbonyl (C=O) groups excluding carboxylic acids is 2.